The summed E-state index contributed by atoms with van der Waals surface area (Å²) >= 11 is 0. The molecule has 0 aromatic carbocycles. The number of ketones is 2. The summed E-state index contributed by atoms with van der Waals surface area (Å²) in [5.41, 5.74) is 0. The third-order valence-electron chi connectivity index (χ3n) is 0.407. The fourth-order valence-corrected chi connectivity index (χ4v) is 0.286. The first-order valence-corrected chi connectivity index (χ1v) is 1.99. The molecule has 0 rings (SSSR count). The van der Waals surface area contributed by atoms with Gasteiger partial charge in [-0.05, 0) is 13.8 Å². The Hall–Kier alpha value is -0.271. The molecule has 0 N–H and O–H groups in total. The standard InChI is InChI=1S/C5H7O2.Mn/c1-4(6)3-5(2)7;/h3H,1-2H3;/q-1;. The van der Waals surface area contributed by atoms with Crippen LogP contribution >= 0.6 is 0 Å². The number of Topliss-reactive ketones (excluding diaryl/α,β-unsaturated/α-hetero) is 2. The average Bonchev–Trinajstić information content (AvgIpc) is 1.27. The molecule has 0 amide bonds. The molecule has 0 spiro atoms. The van der Waals surface area contributed by atoms with Crippen LogP contribution in [0.25, 0.3) is 0 Å². The molecular weight excluding hydrogens is 147 g/mol. The SMILES string of the molecule is CC(=O)[CH-]C(C)=O.[Mn]. The quantitative estimate of drug-likeness (QED) is 0.327. The first-order chi connectivity index (χ1) is 3.13. The molecule has 0 unspecified atom stereocenters. The third-order valence-corrected chi connectivity index (χ3v) is 0.407. The molecule has 0 saturated heterocycles. The van der Waals surface area contributed by atoms with Crippen LogP contribution in [0.4, 0.5) is 0 Å². The van der Waals surface area contributed by atoms with Crippen molar-refractivity contribution in [2.75, 3.05) is 0 Å². The molecule has 1 radical (unpaired) electrons. The summed E-state index contributed by atoms with van der Waals surface area (Å²) in [5.74, 6) is -0.375. The molecule has 0 aliphatic carbocycles. The summed E-state index contributed by atoms with van der Waals surface area (Å²) in [6.45, 7) is 2.70. The van der Waals surface area contributed by atoms with Crippen LogP contribution in [-0.2, 0) is 26.7 Å². The Kier molecular flexibility index (Phi) is 6.50. The van der Waals surface area contributed by atoms with Crippen LogP contribution < -0.4 is 0 Å². The van der Waals surface area contributed by atoms with E-state index in [1.165, 1.54) is 13.8 Å². The molecule has 0 atom stereocenters. The molecule has 2 nitrogen and oxygen atoms in total. The van der Waals surface area contributed by atoms with E-state index in [9.17, 15) is 9.59 Å². The Bertz CT molecular complexity index is 86.6. The van der Waals surface area contributed by atoms with Gasteiger partial charge in [-0.1, -0.05) is 0 Å². The summed E-state index contributed by atoms with van der Waals surface area (Å²) < 4.78 is 0. The number of rotatable bonds is 2. The van der Waals surface area contributed by atoms with E-state index >= 15 is 0 Å². The zero-order valence-corrected chi connectivity index (χ0v) is 5.95. The van der Waals surface area contributed by atoms with Crippen molar-refractivity contribution in [2.24, 2.45) is 0 Å². The Morgan fingerprint density at radius 1 is 1.12 bits per heavy atom. The average molecular weight is 154 g/mol. The van der Waals surface area contributed by atoms with Crippen molar-refractivity contribution in [3.8, 4) is 0 Å². The first kappa shape index (κ1) is 10.7. The fourth-order valence-electron chi connectivity index (χ4n) is 0.286. The molecule has 0 aliphatic rings. The zero-order valence-electron chi connectivity index (χ0n) is 4.77. The van der Waals surface area contributed by atoms with E-state index in [1.807, 2.05) is 0 Å². The Morgan fingerprint density at radius 3 is 1.38 bits per heavy atom. The van der Waals surface area contributed by atoms with Crippen molar-refractivity contribution in [3.05, 3.63) is 6.42 Å². The van der Waals surface area contributed by atoms with Crippen LogP contribution in [0, 0.1) is 6.42 Å². The van der Waals surface area contributed by atoms with E-state index < -0.39 is 0 Å². The fraction of sp³-hybridized carbons (Fsp3) is 0.400. The minimum Gasteiger partial charge on any atom is -0.334 e. The van der Waals surface area contributed by atoms with E-state index in [1.54, 1.807) is 0 Å². The van der Waals surface area contributed by atoms with Crippen LogP contribution in [0.2, 0.25) is 0 Å². The van der Waals surface area contributed by atoms with Crippen LogP contribution in [0.15, 0.2) is 0 Å². The number of hydrogen-bond acceptors (Lipinski definition) is 2. The molecule has 8 heavy (non-hydrogen) atoms. The van der Waals surface area contributed by atoms with Crippen LogP contribution in [-0.4, -0.2) is 11.6 Å². The van der Waals surface area contributed by atoms with Gasteiger partial charge in [-0.25, -0.2) is 0 Å². The van der Waals surface area contributed by atoms with Crippen LogP contribution in [0.3, 0.4) is 0 Å². The van der Waals surface area contributed by atoms with Gasteiger partial charge in [-0.3, -0.25) is 6.42 Å². The summed E-state index contributed by atoms with van der Waals surface area (Å²) in [5, 5.41) is 0. The van der Waals surface area contributed by atoms with E-state index in [4.69, 9.17) is 0 Å². The van der Waals surface area contributed by atoms with Gasteiger partial charge in [0.15, 0.2) is 0 Å². The van der Waals surface area contributed by atoms with Gasteiger partial charge in [0, 0.05) is 28.6 Å². The van der Waals surface area contributed by atoms with Crippen molar-refractivity contribution >= 4 is 11.6 Å². The molecule has 0 fully saturated rings. The smallest absolute Gasteiger partial charge is 0.00219 e. The molecule has 0 bridgehead atoms. The maximum atomic E-state index is 9.98. The number of carbonyl (C=O) groups excluding carboxylic acids is 2. The normalized spacial score (nSPS) is 6.75. The van der Waals surface area contributed by atoms with Gasteiger partial charge in [0.2, 0.25) is 0 Å². The molecule has 0 aromatic rings. The van der Waals surface area contributed by atoms with Crippen LogP contribution in [0.5, 0.6) is 0 Å². The second-order valence-corrected chi connectivity index (χ2v) is 1.37. The summed E-state index contributed by atoms with van der Waals surface area (Å²) in [4.78, 5) is 20.0. The van der Waals surface area contributed by atoms with Gasteiger partial charge >= 0.3 is 0 Å². The third kappa shape index (κ3) is 9.21. The van der Waals surface area contributed by atoms with Crippen molar-refractivity contribution in [3.63, 3.8) is 0 Å². The Labute approximate surface area is 59.1 Å². The molecular formula is C5H7MnO2-. The molecule has 0 heterocycles. The molecule has 3 heteroatoms. The minimum absolute atomic E-state index is 0. The van der Waals surface area contributed by atoms with Gasteiger partial charge < -0.3 is 9.59 Å². The summed E-state index contributed by atoms with van der Waals surface area (Å²) in [7, 11) is 0. The van der Waals surface area contributed by atoms with Gasteiger partial charge in [-0.15, -0.1) is 0 Å². The predicted molar refractivity (Wildman–Crippen MR) is 25.7 cm³/mol. The topological polar surface area (TPSA) is 34.1 Å². The van der Waals surface area contributed by atoms with Gasteiger partial charge in [0.25, 0.3) is 0 Å². The summed E-state index contributed by atoms with van der Waals surface area (Å²) in [6.07, 6.45) is 1.06. The zero-order chi connectivity index (χ0) is 5.86. The molecule has 0 aromatic heterocycles. The van der Waals surface area contributed by atoms with Gasteiger partial charge in [0.05, 0.1) is 0 Å². The molecule has 0 aliphatic heterocycles. The van der Waals surface area contributed by atoms with E-state index in [0.29, 0.717) is 0 Å². The Balaban J connectivity index is 0. The maximum absolute atomic E-state index is 9.98. The van der Waals surface area contributed by atoms with Crippen LogP contribution in [0.1, 0.15) is 13.8 Å². The maximum Gasteiger partial charge on any atom is 0.00219 e. The second-order valence-electron chi connectivity index (χ2n) is 1.37. The first-order valence-electron chi connectivity index (χ1n) is 1.99. The van der Waals surface area contributed by atoms with Gasteiger partial charge in [0.1, 0.15) is 0 Å². The van der Waals surface area contributed by atoms with Crippen molar-refractivity contribution < 1.29 is 26.7 Å². The largest absolute Gasteiger partial charge is 0.334 e. The van der Waals surface area contributed by atoms with Crippen molar-refractivity contribution in [1.82, 2.24) is 0 Å². The number of hydrogen-bond donors (Lipinski definition) is 0. The van der Waals surface area contributed by atoms with Crippen molar-refractivity contribution in [1.29, 1.82) is 0 Å². The number of carbonyl (C=O) groups is 2. The Morgan fingerprint density at radius 2 is 1.38 bits per heavy atom. The molecule has 0 saturated carbocycles. The summed E-state index contributed by atoms with van der Waals surface area (Å²) in [6, 6.07) is 0. The van der Waals surface area contributed by atoms with E-state index in [2.05, 4.69) is 0 Å². The van der Waals surface area contributed by atoms with E-state index in [0.717, 1.165) is 6.42 Å². The molecule has 47 valence electrons. The monoisotopic (exact) mass is 154 g/mol. The minimum atomic E-state index is -0.187. The second kappa shape index (κ2) is 4.88. The van der Waals surface area contributed by atoms with E-state index in [-0.39, 0.29) is 28.6 Å². The predicted octanol–water partition coefficient (Wildman–Crippen LogP) is 0.366. The van der Waals surface area contributed by atoms with Gasteiger partial charge in [-0.2, -0.15) is 0 Å². The van der Waals surface area contributed by atoms with Crippen molar-refractivity contribution in [2.45, 2.75) is 13.8 Å².